The summed E-state index contributed by atoms with van der Waals surface area (Å²) in [6.45, 7) is 7.54. The number of aryl methyl sites for hydroxylation is 1. The topological polar surface area (TPSA) is 61.8 Å². The van der Waals surface area contributed by atoms with Crippen molar-refractivity contribution in [3.8, 4) is 0 Å². The maximum absolute atomic E-state index is 12.9. The van der Waals surface area contributed by atoms with E-state index < -0.39 is 13.6 Å². The van der Waals surface area contributed by atoms with E-state index in [4.69, 9.17) is 13.8 Å². The largest absolute Gasteiger partial charge is 0.462 e. The Labute approximate surface area is 131 Å². The van der Waals surface area contributed by atoms with Crippen LogP contribution in [0.4, 0.5) is 0 Å². The van der Waals surface area contributed by atoms with E-state index in [0.29, 0.717) is 0 Å². The van der Waals surface area contributed by atoms with E-state index in [1.807, 2.05) is 31.2 Å². The summed E-state index contributed by atoms with van der Waals surface area (Å²) in [5.41, 5.74) is 1.77. The molecule has 0 spiro atoms. The Morgan fingerprint density at radius 2 is 1.77 bits per heavy atom. The third kappa shape index (κ3) is 5.09. The van der Waals surface area contributed by atoms with Gasteiger partial charge in [-0.3, -0.25) is 4.57 Å². The molecule has 5 nitrogen and oxygen atoms in total. The van der Waals surface area contributed by atoms with E-state index in [2.05, 4.69) is 0 Å². The van der Waals surface area contributed by atoms with Crippen molar-refractivity contribution in [2.75, 3.05) is 19.8 Å². The van der Waals surface area contributed by atoms with Crippen LogP contribution in [0.3, 0.4) is 0 Å². The molecule has 0 aliphatic rings. The van der Waals surface area contributed by atoms with Crippen LogP contribution in [-0.4, -0.2) is 25.8 Å². The van der Waals surface area contributed by atoms with Crippen molar-refractivity contribution in [3.05, 3.63) is 40.7 Å². The van der Waals surface area contributed by atoms with Gasteiger partial charge in [0.05, 0.1) is 19.8 Å². The molecule has 0 N–H and O–H groups in total. The molecule has 1 rings (SSSR count). The number of ether oxygens (including phenoxy) is 1. The zero-order valence-corrected chi connectivity index (χ0v) is 14.4. The first-order valence-corrected chi connectivity index (χ1v) is 8.86. The third-order valence-electron chi connectivity index (χ3n) is 2.72. The van der Waals surface area contributed by atoms with Gasteiger partial charge in [0.25, 0.3) is 0 Å². The molecule has 0 bridgehead atoms. The van der Waals surface area contributed by atoms with Gasteiger partial charge >= 0.3 is 13.6 Å². The molecule has 0 heterocycles. The second kappa shape index (κ2) is 8.89. The quantitative estimate of drug-likeness (QED) is 0.408. The number of carbonyl (C=O) groups is 1. The molecule has 0 aliphatic heterocycles. The number of carbonyl (C=O) groups excluding carboxylic acids is 1. The zero-order chi connectivity index (χ0) is 16.6. The Kier molecular flexibility index (Phi) is 7.52. The van der Waals surface area contributed by atoms with Gasteiger partial charge in [0.1, 0.15) is 5.31 Å². The predicted octanol–water partition coefficient (Wildman–Crippen LogP) is 4.17. The van der Waals surface area contributed by atoms with Crippen LogP contribution >= 0.6 is 7.60 Å². The van der Waals surface area contributed by atoms with E-state index in [0.717, 1.165) is 11.1 Å². The molecule has 122 valence electrons. The minimum atomic E-state index is -3.71. The minimum Gasteiger partial charge on any atom is -0.462 e. The van der Waals surface area contributed by atoms with E-state index >= 15 is 0 Å². The first kappa shape index (κ1) is 18.6. The first-order valence-electron chi connectivity index (χ1n) is 7.32. The number of benzene rings is 1. The third-order valence-corrected chi connectivity index (χ3v) is 4.82. The number of esters is 1. The average Bonchev–Trinajstić information content (AvgIpc) is 2.45. The lowest BCUT2D eigenvalue weighted by molar-refractivity contribution is -0.137. The molecule has 0 aliphatic carbocycles. The molecule has 22 heavy (non-hydrogen) atoms. The maximum Gasteiger partial charge on any atom is 0.368 e. The van der Waals surface area contributed by atoms with Crippen molar-refractivity contribution in [1.29, 1.82) is 0 Å². The fourth-order valence-electron chi connectivity index (χ4n) is 1.89. The number of rotatable bonds is 8. The molecule has 1 aromatic rings. The molecule has 0 saturated heterocycles. The summed E-state index contributed by atoms with van der Waals surface area (Å²) in [5.74, 6) is -0.686. The van der Waals surface area contributed by atoms with Gasteiger partial charge < -0.3 is 13.8 Å². The highest BCUT2D eigenvalue weighted by Gasteiger charge is 2.36. The van der Waals surface area contributed by atoms with Crippen LogP contribution in [0.5, 0.6) is 0 Å². The number of hydrogen-bond acceptors (Lipinski definition) is 5. The second-order valence-corrected chi connectivity index (χ2v) is 6.49. The average molecular weight is 326 g/mol. The molecule has 1 aromatic carbocycles. The Morgan fingerprint density at radius 3 is 2.27 bits per heavy atom. The molecular weight excluding hydrogens is 303 g/mol. The van der Waals surface area contributed by atoms with Crippen molar-refractivity contribution in [1.82, 2.24) is 0 Å². The highest BCUT2D eigenvalue weighted by Crippen LogP contribution is 2.57. The highest BCUT2D eigenvalue weighted by molar-refractivity contribution is 7.60. The predicted molar refractivity (Wildman–Crippen MR) is 86.6 cm³/mol. The summed E-state index contributed by atoms with van der Waals surface area (Å²) in [4.78, 5) is 12.2. The van der Waals surface area contributed by atoms with Gasteiger partial charge in [-0.15, -0.1) is 0 Å². The second-order valence-electron chi connectivity index (χ2n) is 4.50. The number of hydrogen-bond donors (Lipinski definition) is 0. The lowest BCUT2D eigenvalue weighted by Crippen LogP contribution is -2.11. The molecule has 0 amide bonds. The minimum absolute atomic E-state index is 0.0800. The SMILES string of the molecule is CCOC(=O)/C(=C\c1cccc(C)c1)P(=O)(OCC)OCC. The van der Waals surface area contributed by atoms with Crippen LogP contribution < -0.4 is 0 Å². The molecule has 0 radical (unpaired) electrons. The van der Waals surface area contributed by atoms with Crippen molar-refractivity contribution < 1.29 is 23.1 Å². The summed E-state index contributed by atoms with van der Waals surface area (Å²) >= 11 is 0. The lowest BCUT2D eigenvalue weighted by atomic mass is 10.1. The Bertz CT molecular complexity index is 570. The van der Waals surface area contributed by atoms with E-state index in [-0.39, 0.29) is 25.1 Å². The molecule has 0 atom stereocenters. The van der Waals surface area contributed by atoms with Gasteiger partial charge in [-0.25, -0.2) is 4.79 Å². The Morgan fingerprint density at radius 1 is 1.14 bits per heavy atom. The van der Waals surface area contributed by atoms with Crippen LogP contribution in [0, 0.1) is 6.92 Å². The van der Waals surface area contributed by atoms with Gasteiger partial charge in [0, 0.05) is 0 Å². The van der Waals surface area contributed by atoms with Crippen molar-refractivity contribution in [2.45, 2.75) is 27.7 Å². The van der Waals surface area contributed by atoms with Crippen LogP contribution in [0.2, 0.25) is 0 Å². The molecule has 0 fully saturated rings. The van der Waals surface area contributed by atoms with E-state index in [9.17, 15) is 9.36 Å². The summed E-state index contributed by atoms with van der Waals surface area (Å²) in [6.07, 6.45) is 1.51. The Balaban J connectivity index is 3.33. The smallest absolute Gasteiger partial charge is 0.368 e. The van der Waals surface area contributed by atoms with Crippen LogP contribution in [0.1, 0.15) is 31.9 Å². The summed E-state index contributed by atoms with van der Waals surface area (Å²) < 4.78 is 28.4. The van der Waals surface area contributed by atoms with Gasteiger partial charge in [-0.2, -0.15) is 0 Å². The van der Waals surface area contributed by atoms with Gasteiger partial charge in [0.15, 0.2) is 0 Å². The molecular formula is C16H23O5P. The van der Waals surface area contributed by atoms with Crippen LogP contribution in [0.25, 0.3) is 6.08 Å². The van der Waals surface area contributed by atoms with Gasteiger partial charge in [0.2, 0.25) is 0 Å². The normalized spacial score (nSPS) is 12.3. The summed E-state index contributed by atoms with van der Waals surface area (Å²) in [6, 6.07) is 7.48. The zero-order valence-electron chi connectivity index (χ0n) is 13.5. The van der Waals surface area contributed by atoms with E-state index in [1.54, 1.807) is 20.8 Å². The van der Waals surface area contributed by atoms with Crippen LogP contribution in [0.15, 0.2) is 29.6 Å². The molecule has 0 saturated carbocycles. The van der Waals surface area contributed by atoms with Crippen molar-refractivity contribution in [3.63, 3.8) is 0 Å². The Hall–Kier alpha value is -1.42. The van der Waals surface area contributed by atoms with Crippen LogP contribution in [-0.2, 0) is 23.1 Å². The fourth-order valence-corrected chi connectivity index (χ4v) is 3.52. The van der Waals surface area contributed by atoms with Gasteiger partial charge in [-0.1, -0.05) is 29.8 Å². The van der Waals surface area contributed by atoms with E-state index in [1.165, 1.54) is 6.08 Å². The lowest BCUT2D eigenvalue weighted by Gasteiger charge is -2.19. The summed E-state index contributed by atoms with van der Waals surface area (Å²) in [5, 5.41) is -0.0800. The van der Waals surface area contributed by atoms with Crippen molar-refractivity contribution >= 4 is 19.6 Å². The maximum atomic E-state index is 12.9. The molecule has 0 aromatic heterocycles. The standard InChI is InChI=1S/C16H23O5P/c1-5-19-16(17)15(22(18,20-6-2)21-7-3)12-14-10-8-9-13(4)11-14/h8-12H,5-7H2,1-4H3/b15-12+. The molecule has 6 heteroatoms. The van der Waals surface area contributed by atoms with Crippen molar-refractivity contribution in [2.24, 2.45) is 0 Å². The highest BCUT2D eigenvalue weighted by atomic mass is 31.2. The van der Waals surface area contributed by atoms with Gasteiger partial charge in [-0.05, 0) is 39.3 Å². The monoisotopic (exact) mass is 326 g/mol. The molecule has 0 unspecified atom stereocenters. The fraction of sp³-hybridized carbons (Fsp3) is 0.438. The summed E-state index contributed by atoms with van der Waals surface area (Å²) in [7, 11) is -3.71. The first-order chi connectivity index (χ1) is 10.5.